The predicted octanol–water partition coefficient (Wildman–Crippen LogP) is 0.166. The summed E-state index contributed by atoms with van der Waals surface area (Å²) in [5.41, 5.74) is -0.245. The van der Waals surface area contributed by atoms with Crippen LogP contribution < -0.4 is 10.9 Å². The Balaban J connectivity index is 2.77. The van der Waals surface area contributed by atoms with Crippen molar-refractivity contribution in [1.82, 2.24) is 14.9 Å². The van der Waals surface area contributed by atoms with E-state index in [0.717, 1.165) is 0 Å². The number of ketones is 1. The van der Waals surface area contributed by atoms with Gasteiger partial charge in [-0.1, -0.05) is 6.92 Å². The molecule has 0 aliphatic rings. The number of carbonyl (C=O) groups excluding carboxylic acids is 1. The smallest absolute Gasteiger partial charge is 0.305 e. The lowest BCUT2D eigenvalue weighted by atomic mass is 10.1. The van der Waals surface area contributed by atoms with E-state index in [1.165, 1.54) is 23.2 Å². The molecule has 116 valence electrons. The number of halogens is 1. The number of carboxylic acid groups (broad SMARTS) is 1. The van der Waals surface area contributed by atoms with E-state index in [0.29, 0.717) is 6.42 Å². The van der Waals surface area contributed by atoms with Gasteiger partial charge in [-0.25, -0.2) is 9.37 Å². The van der Waals surface area contributed by atoms with Gasteiger partial charge in [-0.15, -0.1) is 0 Å². The van der Waals surface area contributed by atoms with Crippen LogP contribution in [0.1, 0.15) is 25.8 Å². The molecule has 1 aromatic heterocycles. The van der Waals surface area contributed by atoms with Crippen molar-refractivity contribution in [2.45, 2.75) is 31.8 Å². The molecule has 0 saturated heterocycles. The Hall–Kier alpha value is -2.09. The van der Waals surface area contributed by atoms with Crippen molar-refractivity contribution in [2.24, 2.45) is 0 Å². The molecule has 0 saturated carbocycles. The topological polar surface area (TPSA) is 101 Å². The zero-order valence-electron chi connectivity index (χ0n) is 11.7. The molecule has 21 heavy (non-hydrogen) atoms. The lowest BCUT2D eigenvalue weighted by Crippen LogP contribution is -2.43. The number of alkyl halides is 1. The number of nitrogens with one attached hydrogen (secondary N) is 1. The standard InChI is InChI=1S/C13H18FN3O4/c1-2-9(17-8-15-4-3-12(17)19)7-16-10(5-13(20)21)11(18)6-14/h3-4,8-10,16H,2,5-7H2,1H3,(H,20,21)/t9-,10?/m0/s1. The number of carbonyl (C=O) groups is 2. The van der Waals surface area contributed by atoms with Crippen LogP contribution in [0.25, 0.3) is 0 Å². The quantitative estimate of drug-likeness (QED) is 0.674. The lowest BCUT2D eigenvalue weighted by Gasteiger charge is -2.21. The van der Waals surface area contributed by atoms with Gasteiger partial charge in [0.25, 0.3) is 5.56 Å². The van der Waals surface area contributed by atoms with Gasteiger partial charge in [0.2, 0.25) is 0 Å². The summed E-state index contributed by atoms with van der Waals surface area (Å²) in [6, 6.07) is -0.0896. The van der Waals surface area contributed by atoms with Crippen molar-refractivity contribution in [3.8, 4) is 0 Å². The number of rotatable bonds is 9. The van der Waals surface area contributed by atoms with Crippen LogP contribution in [-0.2, 0) is 9.59 Å². The number of hydrogen-bond donors (Lipinski definition) is 2. The number of hydrogen-bond acceptors (Lipinski definition) is 5. The molecular weight excluding hydrogens is 281 g/mol. The number of nitrogens with zero attached hydrogens (tertiary/aromatic N) is 2. The first kappa shape index (κ1) is 17.0. The van der Waals surface area contributed by atoms with Crippen LogP contribution in [0.15, 0.2) is 23.4 Å². The minimum atomic E-state index is -1.23. The molecule has 1 unspecified atom stereocenters. The molecule has 1 rings (SSSR count). The van der Waals surface area contributed by atoms with Gasteiger partial charge >= 0.3 is 5.97 Å². The van der Waals surface area contributed by atoms with E-state index in [4.69, 9.17) is 5.11 Å². The monoisotopic (exact) mass is 299 g/mol. The Bertz CT molecular complexity index is 546. The van der Waals surface area contributed by atoms with E-state index in [1.54, 1.807) is 0 Å². The molecule has 0 aromatic carbocycles. The maximum atomic E-state index is 12.4. The predicted molar refractivity (Wildman–Crippen MR) is 72.9 cm³/mol. The van der Waals surface area contributed by atoms with Crippen LogP contribution in [0.2, 0.25) is 0 Å². The Morgan fingerprint density at radius 1 is 1.52 bits per heavy atom. The van der Waals surface area contributed by atoms with E-state index in [1.807, 2.05) is 6.92 Å². The summed E-state index contributed by atoms with van der Waals surface area (Å²) in [4.78, 5) is 37.6. The van der Waals surface area contributed by atoms with Crippen LogP contribution in [-0.4, -0.2) is 45.7 Å². The summed E-state index contributed by atoms with van der Waals surface area (Å²) in [7, 11) is 0. The van der Waals surface area contributed by atoms with Gasteiger partial charge in [0.15, 0.2) is 5.78 Å². The van der Waals surface area contributed by atoms with E-state index in [2.05, 4.69) is 10.3 Å². The van der Waals surface area contributed by atoms with Gasteiger partial charge in [-0.2, -0.15) is 0 Å². The van der Waals surface area contributed by atoms with Gasteiger partial charge in [0.1, 0.15) is 6.67 Å². The SMILES string of the molecule is CC[C@@H](CNC(CC(=O)O)C(=O)CF)n1cnccc1=O. The second-order valence-corrected chi connectivity index (χ2v) is 4.55. The van der Waals surface area contributed by atoms with Gasteiger partial charge in [0.05, 0.1) is 24.8 Å². The summed E-state index contributed by atoms with van der Waals surface area (Å²) < 4.78 is 13.8. The van der Waals surface area contributed by atoms with Crippen LogP contribution >= 0.6 is 0 Å². The molecule has 2 N–H and O–H groups in total. The number of carboxylic acids is 1. The van der Waals surface area contributed by atoms with Crippen LogP contribution in [0.4, 0.5) is 4.39 Å². The summed E-state index contributed by atoms with van der Waals surface area (Å²) in [5, 5.41) is 11.5. The summed E-state index contributed by atoms with van der Waals surface area (Å²) in [6.45, 7) is 0.787. The third-order valence-electron chi connectivity index (χ3n) is 3.11. The number of aliphatic carboxylic acids is 1. The van der Waals surface area contributed by atoms with Gasteiger partial charge in [0, 0.05) is 18.8 Å². The molecule has 0 fully saturated rings. The van der Waals surface area contributed by atoms with E-state index >= 15 is 0 Å². The first-order valence-electron chi connectivity index (χ1n) is 6.55. The highest BCUT2D eigenvalue weighted by Crippen LogP contribution is 2.07. The van der Waals surface area contributed by atoms with E-state index in [9.17, 15) is 18.8 Å². The van der Waals surface area contributed by atoms with Gasteiger partial charge in [-0.05, 0) is 6.42 Å². The number of aromatic nitrogens is 2. The fourth-order valence-corrected chi connectivity index (χ4v) is 1.92. The van der Waals surface area contributed by atoms with Crippen molar-refractivity contribution in [1.29, 1.82) is 0 Å². The van der Waals surface area contributed by atoms with Crippen molar-refractivity contribution in [3.63, 3.8) is 0 Å². The average Bonchev–Trinajstić information content (AvgIpc) is 2.47. The van der Waals surface area contributed by atoms with Gasteiger partial charge in [-0.3, -0.25) is 19.0 Å². The van der Waals surface area contributed by atoms with Gasteiger partial charge < -0.3 is 10.4 Å². The molecule has 0 bridgehead atoms. The number of Topliss-reactive ketones (excluding diaryl/α,β-unsaturated/α-hetero) is 1. The minimum Gasteiger partial charge on any atom is -0.481 e. The summed E-state index contributed by atoms with van der Waals surface area (Å²) in [5.74, 6) is -2.01. The fourth-order valence-electron chi connectivity index (χ4n) is 1.92. The molecule has 0 radical (unpaired) electrons. The Morgan fingerprint density at radius 2 is 2.24 bits per heavy atom. The molecule has 0 spiro atoms. The van der Waals surface area contributed by atoms with Crippen molar-refractivity contribution in [2.75, 3.05) is 13.2 Å². The molecule has 0 aliphatic heterocycles. The molecule has 2 atom stereocenters. The molecule has 7 nitrogen and oxygen atoms in total. The van der Waals surface area contributed by atoms with Crippen LogP contribution in [0, 0.1) is 0 Å². The molecule has 0 aliphatic carbocycles. The van der Waals surface area contributed by atoms with Crippen LogP contribution in [0.5, 0.6) is 0 Å². The van der Waals surface area contributed by atoms with E-state index < -0.39 is 30.9 Å². The third-order valence-corrected chi connectivity index (χ3v) is 3.11. The Kier molecular flexibility index (Phi) is 6.67. The average molecular weight is 299 g/mol. The molecule has 1 heterocycles. The van der Waals surface area contributed by atoms with Crippen molar-refractivity contribution < 1.29 is 19.1 Å². The first-order chi connectivity index (χ1) is 9.99. The normalized spacial score (nSPS) is 13.6. The minimum absolute atomic E-state index is 0.172. The first-order valence-corrected chi connectivity index (χ1v) is 6.55. The zero-order valence-corrected chi connectivity index (χ0v) is 11.7. The highest BCUT2D eigenvalue weighted by atomic mass is 19.1. The zero-order chi connectivity index (χ0) is 15.8. The molecule has 0 amide bonds. The highest BCUT2D eigenvalue weighted by Gasteiger charge is 2.22. The highest BCUT2D eigenvalue weighted by molar-refractivity contribution is 5.88. The molecule has 8 heteroatoms. The molecule has 1 aromatic rings. The van der Waals surface area contributed by atoms with Crippen molar-refractivity contribution >= 4 is 11.8 Å². The maximum absolute atomic E-state index is 12.4. The largest absolute Gasteiger partial charge is 0.481 e. The van der Waals surface area contributed by atoms with Crippen LogP contribution in [0.3, 0.4) is 0 Å². The van der Waals surface area contributed by atoms with E-state index in [-0.39, 0.29) is 18.1 Å². The van der Waals surface area contributed by atoms with Crippen molar-refractivity contribution in [3.05, 3.63) is 28.9 Å². The third kappa shape index (κ3) is 5.07. The summed E-state index contributed by atoms with van der Waals surface area (Å²) in [6.07, 6.45) is 2.82. The second kappa shape index (κ2) is 8.25. The Morgan fingerprint density at radius 3 is 2.76 bits per heavy atom. The fraction of sp³-hybridized carbons (Fsp3) is 0.538. The lowest BCUT2D eigenvalue weighted by molar-refractivity contribution is -0.139. The maximum Gasteiger partial charge on any atom is 0.305 e. The second-order valence-electron chi connectivity index (χ2n) is 4.55. The summed E-state index contributed by atoms with van der Waals surface area (Å²) >= 11 is 0. The Labute approximate surface area is 120 Å². The molecular formula is C13H18FN3O4.